The minimum Gasteiger partial charge on any atom is -0.454 e. The van der Waals surface area contributed by atoms with Gasteiger partial charge in [-0.3, -0.25) is 4.79 Å². The monoisotopic (exact) mass is 370 g/mol. The molecule has 26 heavy (non-hydrogen) atoms. The highest BCUT2D eigenvalue weighted by Crippen LogP contribution is 2.32. The second-order valence-corrected chi connectivity index (χ2v) is 6.22. The summed E-state index contributed by atoms with van der Waals surface area (Å²) in [6.45, 7) is 1.05. The van der Waals surface area contributed by atoms with Crippen molar-refractivity contribution >= 4 is 17.5 Å². The van der Waals surface area contributed by atoms with Crippen LogP contribution in [0.15, 0.2) is 48.7 Å². The van der Waals surface area contributed by atoms with E-state index in [4.69, 9.17) is 21.1 Å². The summed E-state index contributed by atoms with van der Waals surface area (Å²) < 4.78 is 12.2. The van der Waals surface area contributed by atoms with E-state index in [0.717, 1.165) is 5.56 Å². The highest BCUT2D eigenvalue weighted by Gasteiger charge is 2.16. The number of benzene rings is 2. The van der Waals surface area contributed by atoms with Crippen molar-refractivity contribution in [3.05, 3.63) is 70.5 Å². The molecule has 8 heteroatoms. The summed E-state index contributed by atoms with van der Waals surface area (Å²) in [5.41, 5.74) is 2.24. The lowest BCUT2D eigenvalue weighted by Gasteiger charge is -2.04. The Kier molecular flexibility index (Phi) is 4.45. The summed E-state index contributed by atoms with van der Waals surface area (Å²) in [5, 5.41) is 11.7. The third kappa shape index (κ3) is 3.62. The zero-order valence-electron chi connectivity index (χ0n) is 13.7. The van der Waals surface area contributed by atoms with Gasteiger partial charge in [-0.05, 0) is 35.9 Å². The van der Waals surface area contributed by atoms with E-state index in [0.29, 0.717) is 34.3 Å². The van der Waals surface area contributed by atoms with Crippen LogP contribution in [0.4, 0.5) is 0 Å². The molecule has 1 aliphatic rings. The predicted octanol–water partition coefficient (Wildman–Crippen LogP) is 2.64. The van der Waals surface area contributed by atoms with Crippen molar-refractivity contribution in [3.8, 4) is 11.5 Å². The molecule has 0 radical (unpaired) electrons. The van der Waals surface area contributed by atoms with E-state index in [1.54, 1.807) is 29.1 Å². The van der Waals surface area contributed by atoms with E-state index in [9.17, 15) is 4.79 Å². The first kappa shape index (κ1) is 16.4. The third-order valence-electron chi connectivity index (χ3n) is 3.91. The van der Waals surface area contributed by atoms with Crippen LogP contribution in [0.5, 0.6) is 11.5 Å². The molecule has 2 aromatic carbocycles. The van der Waals surface area contributed by atoms with Crippen molar-refractivity contribution in [1.29, 1.82) is 0 Å². The fourth-order valence-corrected chi connectivity index (χ4v) is 2.71. The Morgan fingerprint density at radius 1 is 1.15 bits per heavy atom. The molecular weight excluding hydrogens is 356 g/mol. The molecule has 0 bridgehead atoms. The first-order valence-electron chi connectivity index (χ1n) is 7.99. The molecule has 0 saturated carbocycles. The highest BCUT2D eigenvalue weighted by atomic mass is 35.5. The molecule has 0 atom stereocenters. The van der Waals surface area contributed by atoms with Gasteiger partial charge in [0.25, 0.3) is 5.91 Å². The number of fused-ring (bicyclic) bond motifs is 1. The molecular formula is C18H15ClN4O3. The number of ether oxygens (including phenoxy) is 2. The minimum absolute atomic E-state index is 0.178. The Labute approximate surface area is 154 Å². The largest absolute Gasteiger partial charge is 0.454 e. The molecule has 0 unspecified atom stereocenters. The maximum Gasteiger partial charge on any atom is 0.251 e. The highest BCUT2D eigenvalue weighted by molar-refractivity contribution is 6.30. The number of hydrogen-bond acceptors (Lipinski definition) is 5. The van der Waals surface area contributed by atoms with Crippen LogP contribution >= 0.6 is 11.6 Å². The average Bonchev–Trinajstić information content (AvgIpc) is 3.30. The first-order valence-corrected chi connectivity index (χ1v) is 8.36. The van der Waals surface area contributed by atoms with Crippen LogP contribution < -0.4 is 14.8 Å². The fraction of sp³-hybridized carbons (Fsp3) is 0.167. The fourth-order valence-electron chi connectivity index (χ4n) is 2.58. The molecule has 0 saturated heterocycles. The number of hydrogen-bond donors (Lipinski definition) is 1. The zero-order valence-corrected chi connectivity index (χ0v) is 14.4. The topological polar surface area (TPSA) is 78.3 Å². The molecule has 0 fully saturated rings. The van der Waals surface area contributed by atoms with Crippen molar-refractivity contribution in [2.24, 2.45) is 0 Å². The zero-order chi connectivity index (χ0) is 17.9. The predicted molar refractivity (Wildman–Crippen MR) is 94.3 cm³/mol. The maximum absolute atomic E-state index is 12.3. The summed E-state index contributed by atoms with van der Waals surface area (Å²) in [7, 11) is 0. The van der Waals surface area contributed by atoms with E-state index in [-0.39, 0.29) is 19.2 Å². The number of carbonyl (C=O) groups excluding carboxylic acids is 1. The summed E-state index contributed by atoms with van der Waals surface area (Å²) in [6.07, 6.45) is 1.80. The number of carbonyl (C=O) groups is 1. The van der Waals surface area contributed by atoms with Gasteiger partial charge in [-0.1, -0.05) is 28.9 Å². The van der Waals surface area contributed by atoms with Crippen LogP contribution in [-0.4, -0.2) is 27.7 Å². The van der Waals surface area contributed by atoms with Crippen molar-refractivity contribution in [2.75, 3.05) is 6.79 Å². The van der Waals surface area contributed by atoms with E-state index in [1.807, 2.05) is 24.3 Å². The summed E-state index contributed by atoms with van der Waals surface area (Å²) in [4.78, 5) is 12.3. The summed E-state index contributed by atoms with van der Waals surface area (Å²) in [6, 6.07) is 12.6. The standard InChI is InChI=1S/C18H15ClN4O3/c19-14-4-1-12(2-5-14)9-23-10-15(21-22-23)8-20-18(24)13-3-6-16-17(7-13)26-11-25-16/h1-7,10H,8-9,11H2,(H,20,24). The second kappa shape index (κ2) is 7.05. The van der Waals surface area contributed by atoms with E-state index < -0.39 is 0 Å². The molecule has 7 nitrogen and oxygen atoms in total. The Bertz CT molecular complexity index is 940. The molecule has 0 spiro atoms. The van der Waals surface area contributed by atoms with Crippen molar-refractivity contribution in [2.45, 2.75) is 13.1 Å². The van der Waals surface area contributed by atoms with Gasteiger partial charge in [0.05, 0.1) is 19.3 Å². The van der Waals surface area contributed by atoms with Gasteiger partial charge in [0, 0.05) is 10.6 Å². The van der Waals surface area contributed by atoms with Crippen LogP contribution in [-0.2, 0) is 13.1 Å². The Balaban J connectivity index is 1.35. The number of nitrogens with zero attached hydrogens (tertiary/aromatic N) is 3. The van der Waals surface area contributed by atoms with Gasteiger partial charge in [0.2, 0.25) is 6.79 Å². The maximum atomic E-state index is 12.3. The Morgan fingerprint density at radius 3 is 2.81 bits per heavy atom. The molecule has 132 valence electrons. The minimum atomic E-state index is -0.212. The quantitative estimate of drug-likeness (QED) is 0.747. The van der Waals surface area contributed by atoms with Gasteiger partial charge < -0.3 is 14.8 Å². The smallest absolute Gasteiger partial charge is 0.251 e. The SMILES string of the molecule is O=C(NCc1cn(Cc2ccc(Cl)cc2)nn1)c1ccc2c(c1)OCO2. The molecule has 1 aliphatic heterocycles. The molecule has 2 heterocycles. The number of halogens is 1. The number of rotatable bonds is 5. The third-order valence-corrected chi connectivity index (χ3v) is 4.16. The molecule has 1 aromatic heterocycles. The van der Waals surface area contributed by atoms with E-state index >= 15 is 0 Å². The van der Waals surface area contributed by atoms with E-state index in [1.165, 1.54) is 0 Å². The number of nitrogens with one attached hydrogen (secondary N) is 1. The van der Waals surface area contributed by atoms with Crippen LogP contribution in [0, 0.1) is 0 Å². The van der Waals surface area contributed by atoms with Crippen molar-refractivity contribution in [1.82, 2.24) is 20.3 Å². The van der Waals surface area contributed by atoms with Gasteiger partial charge in [-0.2, -0.15) is 0 Å². The van der Waals surface area contributed by atoms with Gasteiger partial charge >= 0.3 is 0 Å². The van der Waals surface area contributed by atoms with Crippen LogP contribution in [0.2, 0.25) is 5.02 Å². The number of aromatic nitrogens is 3. The Morgan fingerprint density at radius 2 is 1.96 bits per heavy atom. The first-order chi connectivity index (χ1) is 12.7. The van der Waals surface area contributed by atoms with Gasteiger partial charge in [0.15, 0.2) is 11.5 Å². The van der Waals surface area contributed by atoms with Crippen molar-refractivity contribution in [3.63, 3.8) is 0 Å². The summed E-state index contributed by atoms with van der Waals surface area (Å²) >= 11 is 5.88. The lowest BCUT2D eigenvalue weighted by Crippen LogP contribution is -2.22. The normalized spacial score (nSPS) is 12.2. The van der Waals surface area contributed by atoms with Gasteiger partial charge in [0.1, 0.15) is 5.69 Å². The molecule has 0 aliphatic carbocycles. The number of amides is 1. The second-order valence-electron chi connectivity index (χ2n) is 5.78. The van der Waals surface area contributed by atoms with E-state index in [2.05, 4.69) is 15.6 Å². The van der Waals surface area contributed by atoms with Crippen LogP contribution in [0.3, 0.4) is 0 Å². The van der Waals surface area contributed by atoms with Crippen LogP contribution in [0.1, 0.15) is 21.6 Å². The molecule has 1 amide bonds. The molecule has 3 aromatic rings. The van der Waals surface area contributed by atoms with Crippen LogP contribution in [0.25, 0.3) is 0 Å². The molecule has 1 N–H and O–H groups in total. The van der Waals surface area contributed by atoms with Gasteiger partial charge in [-0.25, -0.2) is 4.68 Å². The summed E-state index contributed by atoms with van der Waals surface area (Å²) in [5.74, 6) is 1.01. The average molecular weight is 371 g/mol. The van der Waals surface area contributed by atoms with Gasteiger partial charge in [-0.15, -0.1) is 5.10 Å². The lowest BCUT2D eigenvalue weighted by atomic mass is 10.2. The Hall–Kier alpha value is -3.06. The molecule has 4 rings (SSSR count). The lowest BCUT2D eigenvalue weighted by molar-refractivity contribution is 0.0950. The van der Waals surface area contributed by atoms with Crippen molar-refractivity contribution < 1.29 is 14.3 Å².